The van der Waals surface area contributed by atoms with E-state index in [9.17, 15) is 23.1 Å². The van der Waals surface area contributed by atoms with Crippen molar-refractivity contribution < 1.29 is 28.0 Å². The molecule has 46 heavy (non-hydrogen) atoms. The van der Waals surface area contributed by atoms with Crippen LogP contribution in [0.5, 0.6) is 0 Å². The Morgan fingerprint density at radius 2 is 1.50 bits per heavy atom. The van der Waals surface area contributed by atoms with E-state index in [1.165, 1.54) is 35.5 Å². The van der Waals surface area contributed by atoms with Crippen molar-refractivity contribution in [2.24, 2.45) is 0 Å². The maximum absolute atomic E-state index is 14.0. The minimum Gasteiger partial charge on any atom is -0.390 e. The standard InChI is InChI=1S/C35H36N4O6S/c1-25(40)45-38-29-16-18-30(19-17-29)46(43,44)39(23-27-12-6-3-7-13-27)24-34(41)33(20-26-10-4-2-5-11-26)37-35(42)21-28-22-36-32-15-9-8-14-31(28)32/h2-19,22,33-34,36,38,41H,20-21,23-24H2,1H3,(H,37,42)/t33-,34+/m0/s1. The van der Waals surface area contributed by atoms with Crippen molar-refractivity contribution in [3.8, 4) is 0 Å². The molecule has 0 saturated heterocycles. The molecular formula is C35H36N4O6S. The van der Waals surface area contributed by atoms with Crippen molar-refractivity contribution in [1.29, 1.82) is 0 Å². The van der Waals surface area contributed by atoms with E-state index in [2.05, 4.69) is 15.8 Å². The molecule has 238 valence electrons. The molecule has 0 fully saturated rings. The van der Waals surface area contributed by atoms with Gasteiger partial charge in [-0.3, -0.25) is 9.59 Å². The summed E-state index contributed by atoms with van der Waals surface area (Å²) in [6.07, 6.45) is 0.920. The fraction of sp³-hybridized carbons (Fsp3) is 0.200. The quantitative estimate of drug-likeness (QED) is 0.130. The summed E-state index contributed by atoms with van der Waals surface area (Å²) in [7, 11) is -4.12. The summed E-state index contributed by atoms with van der Waals surface area (Å²) in [5.41, 5.74) is 6.21. The molecular weight excluding hydrogens is 604 g/mol. The number of H-pyrrole nitrogens is 1. The number of benzene rings is 4. The van der Waals surface area contributed by atoms with Gasteiger partial charge >= 0.3 is 5.97 Å². The number of fused-ring (bicyclic) bond motifs is 1. The second-order valence-corrected chi connectivity index (χ2v) is 12.9. The average molecular weight is 641 g/mol. The van der Waals surface area contributed by atoms with E-state index in [1.807, 2.05) is 84.9 Å². The van der Waals surface area contributed by atoms with Crippen molar-refractivity contribution in [3.05, 3.63) is 132 Å². The van der Waals surface area contributed by atoms with Gasteiger partial charge in [-0.2, -0.15) is 4.31 Å². The molecule has 1 aromatic heterocycles. The number of hydrogen-bond donors (Lipinski definition) is 4. The summed E-state index contributed by atoms with van der Waals surface area (Å²) >= 11 is 0. The zero-order valence-electron chi connectivity index (χ0n) is 25.3. The van der Waals surface area contributed by atoms with E-state index in [1.54, 1.807) is 6.20 Å². The number of hydrogen-bond acceptors (Lipinski definition) is 7. The van der Waals surface area contributed by atoms with Gasteiger partial charge in [0.2, 0.25) is 15.9 Å². The molecule has 0 unspecified atom stereocenters. The first kappa shape index (κ1) is 32.4. The Bertz CT molecular complexity index is 1860. The van der Waals surface area contributed by atoms with Gasteiger partial charge in [-0.25, -0.2) is 13.9 Å². The highest BCUT2D eigenvalue weighted by Gasteiger charge is 2.31. The maximum atomic E-state index is 14.0. The van der Waals surface area contributed by atoms with Crippen LogP contribution in [0.2, 0.25) is 0 Å². The second kappa shape index (κ2) is 14.9. The van der Waals surface area contributed by atoms with Gasteiger partial charge in [-0.15, -0.1) is 0 Å². The highest BCUT2D eigenvalue weighted by atomic mass is 32.2. The summed E-state index contributed by atoms with van der Waals surface area (Å²) in [4.78, 5) is 32.5. The molecule has 2 atom stereocenters. The fourth-order valence-electron chi connectivity index (χ4n) is 5.21. The summed E-state index contributed by atoms with van der Waals surface area (Å²) in [5, 5.41) is 15.6. The Kier molecular flexibility index (Phi) is 10.5. The number of amides is 1. The smallest absolute Gasteiger partial charge is 0.329 e. The normalized spacial score (nSPS) is 12.8. The van der Waals surface area contributed by atoms with Crippen LogP contribution in [-0.2, 0) is 43.8 Å². The van der Waals surface area contributed by atoms with E-state index >= 15 is 0 Å². The first-order valence-corrected chi connectivity index (χ1v) is 16.3. The molecule has 0 saturated carbocycles. The van der Waals surface area contributed by atoms with Crippen molar-refractivity contribution in [2.45, 2.75) is 43.4 Å². The van der Waals surface area contributed by atoms with Gasteiger partial charge in [0, 0.05) is 37.1 Å². The van der Waals surface area contributed by atoms with Crippen LogP contribution in [0.1, 0.15) is 23.6 Å². The highest BCUT2D eigenvalue weighted by Crippen LogP contribution is 2.23. The van der Waals surface area contributed by atoms with Crippen LogP contribution in [0.15, 0.2) is 120 Å². The minimum atomic E-state index is -4.12. The number of aliphatic hydroxyl groups is 1. The molecule has 0 radical (unpaired) electrons. The molecule has 5 aromatic rings. The minimum absolute atomic E-state index is 0.00494. The van der Waals surface area contributed by atoms with E-state index in [0.717, 1.165) is 27.6 Å². The zero-order chi connectivity index (χ0) is 32.5. The largest absolute Gasteiger partial charge is 0.390 e. The van der Waals surface area contributed by atoms with Gasteiger partial charge in [0.25, 0.3) is 0 Å². The highest BCUT2D eigenvalue weighted by molar-refractivity contribution is 7.89. The number of carbonyl (C=O) groups is 2. The van der Waals surface area contributed by atoms with Gasteiger partial charge in [-0.05, 0) is 53.4 Å². The van der Waals surface area contributed by atoms with Crippen LogP contribution in [0.3, 0.4) is 0 Å². The van der Waals surface area contributed by atoms with E-state index < -0.39 is 28.1 Å². The number of rotatable bonds is 14. The molecule has 4 N–H and O–H groups in total. The predicted molar refractivity (Wildman–Crippen MR) is 176 cm³/mol. The van der Waals surface area contributed by atoms with Crippen molar-refractivity contribution in [3.63, 3.8) is 0 Å². The average Bonchev–Trinajstić information content (AvgIpc) is 3.46. The lowest BCUT2D eigenvalue weighted by Gasteiger charge is -2.30. The first-order valence-electron chi connectivity index (χ1n) is 14.8. The van der Waals surface area contributed by atoms with Gasteiger partial charge in [0.05, 0.1) is 29.1 Å². The van der Waals surface area contributed by atoms with Gasteiger partial charge in [0.15, 0.2) is 0 Å². The fourth-order valence-corrected chi connectivity index (χ4v) is 6.65. The van der Waals surface area contributed by atoms with Crippen LogP contribution in [0, 0.1) is 0 Å². The first-order chi connectivity index (χ1) is 22.2. The number of aliphatic hydroxyl groups excluding tert-OH is 1. The monoisotopic (exact) mass is 640 g/mol. The molecule has 10 nitrogen and oxygen atoms in total. The maximum Gasteiger partial charge on any atom is 0.329 e. The molecule has 0 bridgehead atoms. The van der Waals surface area contributed by atoms with Gasteiger partial charge < -0.3 is 20.2 Å². The zero-order valence-corrected chi connectivity index (χ0v) is 26.1. The molecule has 0 aliphatic heterocycles. The van der Waals surface area contributed by atoms with Crippen molar-refractivity contribution in [1.82, 2.24) is 14.6 Å². The summed E-state index contributed by atoms with van der Waals surface area (Å²) < 4.78 is 29.2. The molecule has 11 heteroatoms. The molecule has 1 heterocycles. The molecule has 0 spiro atoms. The van der Waals surface area contributed by atoms with Gasteiger partial charge in [0.1, 0.15) is 0 Å². The Morgan fingerprint density at radius 3 is 2.17 bits per heavy atom. The molecule has 4 aromatic carbocycles. The summed E-state index contributed by atoms with van der Waals surface area (Å²) in [6, 6.07) is 31.2. The third kappa shape index (κ3) is 8.39. The molecule has 1 amide bonds. The van der Waals surface area contributed by atoms with E-state index in [0.29, 0.717) is 5.69 Å². The number of carbonyl (C=O) groups excluding carboxylic acids is 2. The van der Waals surface area contributed by atoms with Crippen molar-refractivity contribution >= 4 is 38.5 Å². The number of aromatic nitrogens is 1. The molecule has 5 rings (SSSR count). The van der Waals surface area contributed by atoms with Crippen LogP contribution >= 0.6 is 0 Å². The van der Waals surface area contributed by atoms with Crippen molar-refractivity contribution in [2.75, 3.05) is 12.0 Å². The number of anilines is 1. The summed E-state index contributed by atoms with van der Waals surface area (Å²) in [5.74, 6) is -0.837. The predicted octanol–water partition coefficient (Wildman–Crippen LogP) is 4.58. The number of aromatic amines is 1. The number of para-hydroxylation sites is 1. The molecule has 0 aliphatic rings. The van der Waals surface area contributed by atoms with Gasteiger partial charge in [-0.1, -0.05) is 78.9 Å². The molecule has 0 aliphatic carbocycles. The third-order valence-electron chi connectivity index (χ3n) is 7.53. The number of sulfonamides is 1. The van der Waals surface area contributed by atoms with E-state index in [4.69, 9.17) is 4.84 Å². The van der Waals surface area contributed by atoms with Crippen LogP contribution in [0.4, 0.5) is 5.69 Å². The lowest BCUT2D eigenvalue weighted by molar-refractivity contribution is -0.138. The van der Waals surface area contributed by atoms with Crippen LogP contribution < -0.4 is 10.8 Å². The summed E-state index contributed by atoms with van der Waals surface area (Å²) in [6.45, 7) is 0.957. The Labute approximate surface area is 268 Å². The SMILES string of the molecule is CC(=O)ONc1ccc(S(=O)(=O)N(Cc2ccccc2)C[C@@H](O)[C@H](Cc2ccccc2)NC(=O)Cc2c[nH]c3ccccc23)cc1. The van der Waals surface area contributed by atoms with E-state index in [-0.39, 0.29) is 36.7 Å². The van der Waals surface area contributed by atoms with Crippen LogP contribution in [-0.4, -0.2) is 53.4 Å². The topological polar surface area (TPSA) is 141 Å². The Morgan fingerprint density at radius 1 is 0.870 bits per heavy atom. The van der Waals surface area contributed by atoms with Crippen LogP contribution in [0.25, 0.3) is 10.9 Å². The number of nitrogens with one attached hydrogen (secondary N) is 3. The lowest BCUT2D eigenvalue weighted by Crippen LogP contribution is -2.50. The Balaban J connectivity index is 1.39. The third-order valence-corrected chi connectivity index (χ3v) is 9.36. The second-order valence-electron chi connectivity index (χ2n) is 11.0. The Hall–Kier alpha value is -4.97. The lowest BCUT2D eigenvalue weighted by atomic mass is 10.00. The number of nitrogens with zero attached hydrogens (tertiary/aromatic N) is 1.